The zero-order chi connectivity index (χ0) is 16.5. The van der Waals surface area contributed by atoms with Crippen LogP contribution >= 0.6 is 0 Å². The second-order valence-corrected chi connectivity index (χ2v) is 5.89. The molecule has 1 aromatic carbocycles. The van der Waals surface area contributed by atoms with Crippen molar-refractivity contribution in [2.24, 2.45) is 0 Å². The van der Waals surface area contributed by atoms with Crippen molar-refractivity contribution in [1.29, 1.82) is 0 Å². The van der Waals surface area contributed by atoms with Crippen LogP contribution < -0.4 is 9.47 Å². The van der Waals surface area contributed by atoms with Crippen LogP contribution in [0.15, 0.2) is 24.3 Å². The van der Waals surface area contributed by atoms with Crippen LogP contribution in [0.1, 0.15) is 25.8 Å². The average Bonchev–Trinajstić information content (AvgIpc) is 2.60. The van der Waals surface area contributed by atoms with E-state index in [2.05, 4.69) is 28.9 Å². The molecule has 1 aromatic rings. The molecular weight excluding hydrogens is 288 g/mol. The lowest BCUT2D eigenvalue weighted by Gasteiger charge is -2.33. The number of rotatable bonds is 8. The fourth-order valence-electron chi connectivity index (χ4n) is 2.90. The molecule has 4 nitrogen and oxygen atoms in total. The molecule has 2 rings (SSSR count). The van der Waals surface area contributed by atoms with E-state index in [9.17, 15) is 0 Å². The Morgan fingerprint density at radius 3 is 2.48 bits per heavy atom. The fraction of sp³-hybridized carbons (Fsp3) is 0.579. The van der Waals surface area contributed by atoms with Gasteiger partial charge < -0.3 is 19.3 Å². The minimum Gasteiger partial charge on any atom is -0.493 e. The Balaban J connectivity index is 1.74. The lowest BCUT2D eigenvalue weighted by molar-refractivity contribution is 0.130. The van der Waals surface area contributed by atoms with Gasteiger partial charge in [0.1, 0.15) is 0 Å². The van der Waals surface area contributed by atoms with Crippen LogP contribution in [0.3, 0.4) is 0 Å². The second-order valence-electron chi connectivity index (χ2n) is 5.89. The zero-order valence-electron chi connectivity index (χ0n) is 14.8. The van der Waals surface area contributed by atoms with Crippen molar-refractivity contribution in [2.75, 3.05) is 53.0 Å². The Kier molecular flexibility index (Phi) is 7.43. The maximum Gasteiger partial charge on any atom is 0.161 e. The van der Waals surface area contributed by atoms with Gasteiger partial charge in [0, 0.05) is 32.7 Å². The Labute approximate surface area is 140 Å². The second kappa shape index (κ2) is 9.58. The average molecular weight is 318 g/mol. The molecule has 0 amide bonds. The summed E-state index contributed by atoms with van der Waals surface area (Å²) in [5, 5.41) is 0. The zero-order valence-corrected chi connectivity index (χ0v) is 14.8. The van der Waals surface area contributed by atoms with Crippen molar-refractivity contribution >= 4 is 6.08 Å². The van der Waals surface area contributed by atoms with Crippen LogP contribution in [0.25, 0.3) is 6.08 Å². The summed E-state index contributed by atoms with van der Waals surface area (Å²) in [5.41, 5.74) is 1.13. The van der Waals surface area contributed by atoms with E-state index in [0.29, 0.717) is 0 Å². The normalized spacial score (nSPS) is 16.8. The van der Waals surface area contributed by atoms with Crippen molar-refractivity contribution < 1.29 is 9.47 Å². The Morgan fingerprint density at radius 1 is 1.09 bits per heavy atom. The molecule has 4 heteroatoms. The SMILES string of the molecule is C/C=C/c1ccc(OCCCN2CCN(CC)CC2)c(OC)c1. The monoisotopic (exact) mass is 318 g/mol. The van der Waals surface area contributed by atoms with Gasteiger partial charge in [-0.1, -0.05) is 25.1 Å². The summed E-state index contributed by atoms with van der Waals surface area (Å²) >= 11 is 0. The quantitative estimate of drug-likeness (QED) is 0.688. The van der Waals surface area contributed by atoms with Gasteiger partial charge in [0.2, 0.25) is 0 Å². The number of likely N-dealkylation sites (N-methyl/N-ethyl adjacent to an activating group) is 1. The van der Waals surface area contributed by atoms with Gasteiger partial charge >= 0.3 is 0 Å². The van der Waals surface area contributed by atoms with E-state index in [0.717, 1.165) is 36.6 Å². The standard InChI is InChI=1S/C19H30N2O2/c1-4-7-17-8-9-18(19(16-17)22-3)23-15-6-10-21-13-11-20(5-2)12-14-21/h4,7-9,16H,5-6,10-15H2,1-3H3/b7-4+. The highest BCUT2D eigenvalue weighted by atomic mass is 16.5. The van der Waals surface area contributed by atoms with Crippen LogP contribution in [-0.4, -0.2) is 62.8 Å². The van der Waals surface area contributed by atoms with Gasteiger partial charge in [-0.3, -0.25) is 0 Å². The molecular formula is C19H30N2O2. The first-order valence-corrected chi connectivity index (χ1v) is 8.65. The third-order valence-corrected chi connectivity index (χ3v) is 4.34. The molecule has 128 valence electrons. The Morgan fingerprint density at radius 2 is 1.83 bits per heavy atom. The van der Waals surface area contributed by atoms with Crippen molar-refractivity contribution in [3.8, 4) is 11.5 Å². The molecule has 0 radical (unpaired) electrons. The van der Waals surface area contributed by atoms with Gasteiger partial charge in [-0.2, -0.15) is 0 Å². The summed E-state index contributed by atoms with van der Waals surface area (Å²) in [6.07, 6.45) is 5.13. The largest absolute Gasteiger partial charge is 0.493 e. The molecule has 0 spiro atoms. The van der Waals surface area contributed by atoms with Gasteiger partial charge in [-0.25, -0.2) is 0 Å². The topological polar surface area (TPSA) is 24.9 Å². The van der Waals surface area contributed by atoms with Crippen LogP contribution in [0.2, 0.25) is 0 Å². The molecule has 1 saturated heterocycles. The Bertz CT molecular complexity index is 494. The number of nitrogens with zero attached hydrogens (tertiary/aromatic N) is 2. The van der Waals surface area contributed by atoms with E-state index in [4.69, 9.17) is 9.47 Å². The first kappa shape index (κ1) is 17.8. The van der Waals surface area contributed by atoms with E-state index < -0.39 is 0 Å². The van der Waals surface area contributed by atoms with Crippen molar-refractivity contribution in [3.63, 3.8) is 0 Å². The predicted molar refractivity (Wildman–Crippen MR) is 96.4 cm³/mol. The summed E-state index contributed by atoms with van der Waals surface area (Å²) < 4.78 is 11.3. The number of hydrogen-bond donors (Lipinski definition) is 0. The number of ether oxygens (including phenoxy) is 2. The minimum absolute atomic E-state index is 0.729. The molecule has 0 saturated carbocycles. The van der Waals surface area contributed by atoms with E-state index >= 15 is 0 Å². The molecule has 0 aromatic heterocycles. The number of methoxy groups -OCH3 is 1. The maximum absolute atomic E-state index is 5.91. The molecule has 0 atom stereocenters. The number of allylic oxidation sites excluding steroid dienone is 1. The highest BCUT2D eigenvalue weighted by molar-refractivity contribution is 5.55. The van der Waals surface area contributed by atoms with E-state index in [1.807, 2.05) is 25.1 Å². The first-order chi connectivity index (χ1) is 11.3. The maximum atomic E-state index is 5.91. The predicted octanol–water partition coefficient (Wildman–Crippen LogP) is 3.13. The summed E-state index contributed by atoms with van der Waals surface area (Å²) in [6, 6.07) is 6.06. The molecule has 0 unspecified atom stereocenters. The molecule has 0 aliphatic carbocycles. The van der Waals surface area contributed by atoms with Crippen LogP contribution in [-0.2, 0) is 0 Å². The van der Waals surface area contributed by atoms with E-state index in [-0.39, 0.29) is 0 Å². The summed E-state index contributed by atoms with van der Waals surface area (Å²) in [7, 11) is 1.69. The molecule has 1 aliphatic heterocycles. The van der Waals surface area contributed by atoms with E-state index in [1.54, 1.807) is 7.11 Å². The Hall–Kier alpha value is -1.52. The third kappa shape index (κ3) is 5.56. The fourth-order valence-corrected chi connectivity index (χ4v) is 2.90. The highest BCUT2D eigenvalue weighted by Crippen LogP contribution is 2.28. The van der Waals surface area contributed by atoms with Crippen LogP contribution in [0, 0.1) is 0 Å². The molecule has 1 heterocycles. The summed E-state index contributed by atoms with van der Waals surface area (Å²) in [4.78, 5) is 5.03. The first-order valence-electron chi connectivity index (χ1n) is 8.65. The molecule has 0 bridgehead atoms. The number of hydrogen-bond acceptors (Lipinski definition) is 4. The van der Waals surface area contributed by atoms with Gasteiger partial charge in [0.15, 0.2) is 11.5 Å². The molecule has 1 fully saturated rings. The van der Waals surface area contributed by atoms with Gasteiger partial charge in [-0.15, -0.1) is 0 Å². The smallest absolute Gasteiger partial charge is 0.161 e. The summed E-state index contributed by atoms with van der Waals surface area (Å²) in [5.74, 6) is 1.63. The van der Waals surface area contributed by atoms with Crippen molar-refractivity contribution in [2.45, 2.75) is 20.3 Å². The minimum atomic E-state index is 0.729. The van der Waals surface area contributed by atoms with Gasteiger partial charge in [-0.05, 0) is 37.6 Å². The number of benzene rings is 1. The van der Waals surface area contributed by atoms with Crippen LogP contribution in [0.5, 0.6) is 11.5 Å². The van der Waals surface area contributed by atoms with E-state index in [1.165, 1.54) is 32.7 Å². The molecule has 0 N–H and O–H groups in total. The van der Waals surface area contributed by atoms with Crippen molar-refractivity contribution in [1.82, 2.24) is 9.80 Å². The molecule has 23 heavy (non-hydrogen) atoms. The highest BCUT2D eigenvalue weighted by Gasteiger charge is 2.14. The lowest BCUT2D eigenvalue weighted by atomic mass is 10.2. The summed E-state index contributed by atoms with van der Waals surface area (Å²) in [6.45, 7) is 12.0. The number of piperazine rings is 1. The van der Waals surface area contributed by atoms with Gasteiger partial charge in [0.25, 0.3) is 0 Å². The van der Waals surface area contributed by atoms with Crippen molar-refractivity contribution in [3.05, 3.63) is 29.8 Å². The van der Waals surface area contributed by atoms with Gasteiger partial charge in [0.05, 0.1) is 13.7 Å². The lowest BCUT2D eigenvalue weighted by Crippen LogP contribution is -2.46. The van der Waals surface area contributed by atoms with Crippen LogP contribution in [0.4, 0.5) is 0 Å². The molecule has 1 aliphatic rings. The third-order valence-electron chi connectivity index (χ3n) is 4.34.